The second-order valence-corrected chi connectivity index (χ2v) is 9.68. The van der Waals surface area contributed by atoms with Gasteiger partial charge in [0.25, 0.3) is 5.91 Å². The lowest BCUT2D eigenvalue weighted by molar-refractivity contribution is -0.133. The van der Waals surface area contributed by atoms with Crippen molar-refractivity contribution in [3.63, 3.8) is 0 Å². The first kappa shape index (κ1) is 26.0. The van der Waals surface area contributed by atoms with Gasteiger partial charge in [0.05, 0.1) is 26.0 Å². The number of ether oxygens (including phenoxy) is 2. The highest BCUT2D eigenvalue weighted by atomic mass is 16.5. The van der Waals surface area contributed by atoms with E-state index < -0.39 is 5.54 Å². The number of nitrogens with one attached hydrogen (secondary N) is 1. The molecule has 0 saturated heterocycles. The van der Waals surface area contributed by atoms with Crippen LogP contribution in [0.4, 0.5) is 0 Å². The Morgan fingerprint density at radius 3 is 2.46 bits per heavy atom. The summed E-state index contributed by atoms with van der Waals surface area (Å²) in [6.07, 6.45) is 0. The zero-order valence-corrected chi connectivity index (χ0v) is 22.4. The minimum Gasteiger partial charge on any atom is -0.496 e. The number of para-hydroxylation sites is 1. The molecule has 8 heteroatoms. The molecule has 0 saturated carbocycles. The summed E-state index contributed by atoms with van der Waals surface area (Å²) in [4.78, 5) is 29.5. The average molecular weight is 525 g/mol. The van der Waals surface area contributed by atoms with Gasteiger partial charge in [-0.15, -0.1) is 0 Å². The number of hydrogen-bond donors (Lipinski definition) is 1. The Bertz CT molecular complexity index is 1470. The molecule has 5 rings (SSSR count). The lowest BCUT2D eigenvalue weighted by Gasteiger charge is -2.43. The van der Waals surface area contributed by atoms with E-state index in [9.17, 15) is 9.59 Å². The molecule has 0 aliphatic carbocycles. The van der Waals surface area contributed by atoms with Gasteiger partial charge in [-0.1, -0.05) is 60.7 Å². The molecule has 1 N–H and O–H groups in total. The molecule has 200 valence electrons. The smallest absolute Gasteiger partial charge is 0.273 e. The second-order valence-electron chi connectivity index (χ2n) is 9.68. The molecule has 0 fully saturated rings. The highest BCUT2D eigenvalue weighted by Crippen LogP contribution is 2.32. The molecular weight excluding hydrogens is 492 g/mol. The Morgan fingerprint density at radius 1 is 1.03 bits per heavy atom. The molecule has 39 heavy (non-hydrogen) atoms. The number of rotatable bonds is 9. The van der Waals surface area contributed by atoms with E-state index in [0.29, 0.717) is 23.7 Å². The van der Waals surface area contributed by atoms with Crippen molar-refractivity contribution in [2.75, 3.05) is 13.7 Å². The maximum Gasteiger partial charge on any atom is 0.273 e. The van der Waals surface area contributed by atoms with E-state index in [1.54, 1.807) is 29.7 Å². The zero-order chi connectivity index (χ0) is 27.4. The molecule has 0 radical (unpaired) electrons. The van der Waals surface area contributed by atoms with Crippen LogP contribution in [-0.4, -0.2) is 45.8 Å². The van der Waals surface area contributed by atoms with Crippen LogP contribution in [0.15, 0.2) is 84.9 Å². The number of amides is 2. The largest absolute Gasteiger partial charge is 0.496 e. The molecule has 0 bridgehead atoms. The standard InChI is InChI=1S/C31H32N4O4/c1-4-39-25-16-14-22(15-17-25)20-34-29(36)27-18-26(23-10-6-5-7-11-23)33-35(27)21-31(34,2)30(37)32-19-24-12-8-9-13-28(24)38-3/h5-18H,4,19-21H2,1-3H3,(H,32,37)/t31-/m0/s1. The van der Waals surface area contributed by atoms with Crippen LogP contribution in [0.3, 0.4) is 0 Å². The molecule has 0 unspecified atom stereocenters. The number of benzene rings is 3. The average Bonchev–Trinajstić information content (AvgIpc) is 3.39. The van der Waals surface area contributed by atoms with E-state index in [2.05, 4.69) is 5.32 Å². The molecule has 1 atom stereocenters. The van der Waals surface area contributed by atoms with Gasteiger partial charge in [-0.2, -0.15) is 5.10 Å². The summed E-state index contributed by atoms with van der Waals surface area (Å²) in [6, 6.07) is 26.7. The van der Waals surface area contributed by atoms with Crippen LogP contribution in [0.5, 0.6) is 11.5 Å². The highest BCUT2D eigenvalue weighted by Gasteiger charge is 2.48. The van der Waals surface area contributed by atoms with Gasteiger partial charge in [-0.05, 0) is 43.7 Å². The number of carbonyl (C=O) groups excluding carboxylic acids is 2. The Balaban J connectivity index is 1.47. The summed E-state index contributed by atoms with van der Waals surface area (Å²) in [6.45, 7) is 5.05. The molecule has 1 aliphatic heterocycles. The SMILES string of the molecule is CCOc1ccc(CN2C(=O)c3cc(-c4ccccc4)nn3C[C@@]2(C)C(=O)NCc2ccccc2OC)cc1. The van der Waals surface area contributed by atoms with Gasteiger partial charge in [-0.25, -0.2) is 0 Å². The first-order valence-corrected chi connectivity index (χ1v) is 13.0. The third kappa shape index (κ3) is 5.23. The van der Waals surface area contributed by atoms with Crippen molar-refractivity contribution in [3.05, 3.63) is 102 Å². The zero-order valence-electron chi connectivity index (χ0n) is 22.4. The minimum absolute atomic E-state index is 0.218. The van der Waals surface area contributed by atoms with Gasteiger partial charge in [0.2, 0.25) is 5.91 Å². The topological polar surface area (TPSA) is 85.7 Å². The second kappa shape index (κ2) is 11.0. The fraction of sp³-hybridized carbons (Fsp3) is 0.258. The monoisotopic (exact) mass is 524 g/mol. The van der Waals surface area contributed by atoms with Crippen LogP contribution in [0.1, 0.15) is 35.5 Å². The molecule has 1 aromatic heterocycles. The predicted molar refractivity (Wildman–Crippen MR) is 148 cm³/mol. The van der Waals surface area contributed by atoms with Crippen LogP contribution >= 0.6 is 0 Å². The number of methoxy groups -OCH3 is 1. The lowest BCUT2D eigenvalue weighted by atomic mass is 9.94. The normalized spacial score (nSPS) is 16.5. The molecule has 8 nitrogen and oxygen atoms in total. The van der Waals surface area contributed by atoms with E-state index in [1.807, 2.05) is 85.8 Å². The quantitative estimate of drug-likeness (QED) is 0.343. The van der Waals surface area contributed by atoms with Gasteiger partial charge in [0.1, 0.15) is 22.7 Å². The maximum absolute atomic E-state index is 14.0. The van der Waals surface area contributed by atoms with Crippen LogP contribution < -0.4 is 14.8 Å². The van der Waals surface area contributed by atoms with Crippen molar-refractivity contribution in [3.8, 4) is 22.8 Å². The van der Waals surface area contributed by atoms with Crippen molar-refractivity contribution >= 4 is 11.8 Å². The fourth-order valence-corrected chi connectivity index (χ4v) is 4.89. The third-order valence-corrected chi connectivity index (χ3v) is 7.06. The van der Waals surface area contributed by atoms with E-state index in [0.717, 1.165) is 22.4 Å². The van der Waals surface area contributed by atoms with Crippen molar-refractivity contribution in [1.29, 1.82) is 0 Å². The molecule has 1 aliphatic rings. The number of nitrogens with zero attached hydrogens (tertiary/aromatic N) is 3. The third-order valence-electron chi connectivity index (χ3n) is 7.06. The van der Waals surface area contributed by atoms with Gasteiger partial charge in [0, 0.05) is 24.2 Å². The van der Waals surface area contributed by atoms with Gasteiger partial charge in [-0.3, -0.25) is 14.3 Å². The molecular formula is C31H32N4O4. The van der Waals surface area contributed by atoms with Crippen LogP contribution in [0.25, 0.3) is 11.3 Å². The van der Waals surface area contributed by atoms with Gasteiger partial charge < -0.3 is 19.7 Å². The first-order chi connectivity index (χ1) is 18.9. The van der Waals surface area contributed by atoms with Gasteiger partial charge in [0.15, 0.2) is 0 Å². The predicted octanol–water partition coefficient (Wildman–Crippen LogP) is 4.69. The summed E-state index contributed by atoms with van der Waals surface area (Å²) >= 11 is 0. The van der Waals surface area contributed by atoms with Crippen molar-refractivity contribution in [2.45, 2.75) is 39.0 Å². The van der Waals surface area contributed by atoms with E-state index in [1.165, 1.54) is 0 Å². The lowest BCUT2D eigenvalue weighted by Crippen LogP contribution is -2.63. The summed E-state index contributed by atoms with van der Waals surface area (Å²) in [5.41, 5.74) is 2.61. The Labute approximate surface area is 228 Å². The molecule has 3 aromatic carbocycles. The first-order valence-electron chi connectivity index (χ1n) is 13.0. The number of carbonyl (C=O) groups is 2. The fourth-order valence-electron chi connectivity index (χ4n) is 4.89. The molecule has 0 spiro atoms. The summed E-state index contributed by atoms with van der Waals surface area (Å²) in [5.74, 6) is 0.930. The summed E-state index contributed by atoms with van der Waals surface area (Å²) < 4.78 is 12.7. The summed E-state index contributed by atoms with van der Waals surface area (Å²) in [5, 5.41) is 7.76. The van der Waals surface area contributed by atoms with Crippen molar-refractivity contribution in [2.24, 2.45) is 0 Å². The molecule has 2 heterocycles. The Kier molecular flexibility index (Phi) is 7.36. The van der Waals surface area contributed by atoms with Crippen LogP contribution in [0, 0.1) is 0 Å². The van der Waals surface area contributed by atoms with Crippen LogP contribution in [0.2, 0.25) is 0 Å². The number of fused-ring (bicyclic) bond motifs is 1. The minimum atomic E-state index is -1.19. The molecule has 4 aromatic rings. The van der Waals surface area contributed by atoms with Crippen LogP contribution in [-0.2, 0) is 24.4 Å². The Hall–Kier alpha value is -4.59. The van der Waals surface area contributed by atoms with Crippen molar-refractivity contribution < 1.29 is 19.1 Å². The Morgan fingerprint density at radius 2 is 1.74 bits per heavy atom. The summed E-state index contributed by atoms with van der Waals surface area (Å²) in [7, 11) is 1.60. The van der Waals surface area contributed by atoms with E-state index in [4.69, 9.17) is 14.6 Å². The maximum atomic E-state index is 14.0. The number of hydrogen-bond acceptors (Lipinski definition) is 5. The number of aromatic nitrogens is 2. The van der Waals surface area contributed by atoms with E-state index >= 15 is 0 Å². The highest BCUT2D eigenvalue weighted by molar-refractivity contribution is 6.00. The van der Waals surface area contributed by atoms with E-state index in [-0.39, 0.29) is 31.4 Å². The van der Waals surface area contributed by atoms with Gasteiger partial charge >= 0.3 is 0 Å². The molecule has 2 amide bonds. The van der Waals surface area contributed by atoms with Crippen molar-refractivity contribution in [1.82, 2.24) is 20.0 Å².